The molecule has 0 unspecified atom stereocenters. The van der Waals surface area contributed by atoms with Crippen LogP contribution in [0.1, 0.15) is 23.1 Å². The molecule has 1 aliphatic rings. The molecule has 0 radical (unpaired) electrons. The Hall–Kier alpha value is -3.03. The number of hydrogen-bond acceptors (Lipinski definition) is 4. The highest BCUT2D eigenvalue weighted by Gasteiger charge is 2.28. The number of sulfonamides is 1. The lowest BCUT2D eigenvalue weighted by Crippen LogP contribution is -2.41. The smallest absolute Gasteiger partial charge is 0.264 e. The number of halogens is 1. The number of nitrogens with zero attached hydrogens (tertiary/aromatic N) is 2. The number of carbonyl (C=O) groups is 1. The third-order valence-corrected chi connectivity index (χ3v) is 8.26. The number of amides is 1. The summed E-state index contributed by atoms with van der Waals surface area (Å²) >= 11 is 6.19. The van der Waals surface area contributed by atoms with E-state index in [1.165, 1.54) is 11.3 Å². The van der Waals surface area contributed by atoms with Crippen LogP contribution in [0.2, 0.25) is 5.02 Å². The molecule has 1 amide bonds. The molecule has 0 saturated carbocycles. The summed E-state index contributed by atoms with van der Waals surface area (Å²) < 4.78 is 28.3. The van der Waals surface area contributed by atoms with Crippen molar-refractivity contribution in [2.75, 3.05) is 35.4 Å². The van der Waals surface area contributed by atoms with Crippen LogP contribution in [0.4, 0.5) is 11.4 Å². The molecule has 3 aromatic carbocycles. The van der Waals surface area contributed by atoms with Crippen molar-refractivity contribution in [1.82, 2.24) is 5.32 Å². The van der Waals surface area contributed by atoms with E-state index in [1.54, 1.807) is 49.4 Å². The van der Waals surface area contributed by atoms with E-state index in [-0.39, 0.29) is 17.3 Å². The van der Waals surface area contributed by atoms with Gasteiger partial charge in [-0.05, 0) is 68.1 Å². The maximum absolute atomic E-state index is 13.6. The van der Waals surface area contributed by atoms with Crippen molar-refractivity contribution in [3.05, 3.63) is 88.4 Å². The van der Waals surface area contributed by atoms with E-state index < -0.39 is 10.0 Å². The lowest BCUT2D eigenvalue weighted by atomic mass is 10.2. The zero-order valence-corrected chi connectivity index (χ0v) is 21.6. The first kappa shape index (κ1) is 25.1. The predicted molar refractivity (Wildman–Crippen MR) is 142 cm³/mol. The van der Waals surface area contributed by atoms with Crippen LogP contribution in [0.25, 0.3) is 0 Å². The van der Waals surface area contributed by atoms with Gasteiger partial charge in [-0.1, -0.05) is 53.6 Å². The number of nitrogens with one attached hydrogen (secondary N) is 1. The van der Waals surface area contributed by atoms with Crippen molar-refractivity contribution in [2.24, 2.45) is 0 Å². The molecule has 3 aromatic rings. The zero-order chi connectivity index (χ0) is 25.0. The van der Waals surface area contributed by atoms with Crippen LogP contribution < -0.4 is 14.5 Å². The maximum Gasteiger partial charge on any atom is 0.264 e. The Morgan fingerprint density at radius 2 is 1.80 bits per heavy atom. The Labute approximate surface area is 212 Å². The van der Waals surface area contributed by atoms with E-state index in [0.29, 0.717) is 22.8 Å². The molecule has 1 N–H and O–H groups in total. The van der Waals surface area contributed by atoms with Crippen LogP contribution in [-0.2, 0) is 21.2 Å². The molecule has 0 spiro atoms. The van der Waals surface area contributed by atoms with Crippen molar-refractivity contribution >= 4 is 38.9 Å². The summed E-state index contributed by atoms with van der Waals surface area (Å²) in [5, 5.41) is 3.30. The summed E-state index contributed by atoms with van der Waals surface area (Å²) in [5.74, 6) is -0.359. The van der Waals surface area contributed by atoms with E-state index in [9.17, 15) is 13.2 Å². The largest absolute Gasteiger partial charge is 0.371 e. The van der Waals surface area contributed by atoms with E-state index in [1.807, 2.05) is 13.0 Å². The maximum atomic E-state index is 13.6. The van der Waals surface area contributed by atoms with Gasteiger partial charge >= 0.3 is 0 Å². The van der Waals surface area contributed by atoms with Gasteiger partial charge in [0.2, 0.25) is 5.91 Å². The van der Waals surface area contributed by atoms with Crippen molar-refractivity contribution in [3.8, 4) is 0 Å². The van der Waals surface area contributed by atoms with Crippen molar-refractivity contribution in [1.29, 1.82) is 0 Å². The van der Waals surface area contributed by atoms with Gasteiger partial charge in [0.1, 0.15) is 6.54 Å². The van der Waals surface area contributed by atoms with Crippen LogP contribution in [-0.4, -0.2) is 40.5 Å². The topological polar surface area (TPSA) is 69.7 Å². The molecule has 0 saturated heterocycles. The van der Waals surface area contributed by atoms with Crippen molar-refractivity contribution in [2.45, 2.75) is 31.6 Å². The first-order valence-corrected chi connectivity index (χ1v) is 13.5. The van der Waals surface area contributed by atoms with Gasteiger partial charge in [-0.3, -0.25) is 9.10 Å². The number of benzene rings is 3. The van der Waals surface area contributed by atoms with Gasteiger partial charge in [-0.2, -0.15) is 0 Å². The number of para-hydroxylation sites is 1. The molecule has 0 aromatic heterocycles. The van der Waals surface area contributed by atoms with Gasteiger partial charge < -0.3 is 10.2 Å². The molecule has 0 bridgehead atoms. The molecule has 35 heavy (non-hydrogen) atoms. The number of hydrogen-bond donors (Lipinski definition) is 1. The highest BCUT2D eigenvalue weighted by atomic mass is 35.5. The standard InChI is InChI=1S/C27H30ClN3O3S/c1-20-8-12-24(13-9-20)35(33,34)31(26-18-23(28)11-10-21(26)2)19-27(32)29-15-5-16-30-17-14-22-6-3-4-7-25(22)30/h3-4,6-13,18H,5,14-17,19H2,1-2H3,(H,29,32). The molecule has 6 nitrogen and oxygen atoms in total. The third kappa shape index (κ3) is 5.80. The lowest BCUT2D eigenvalue weighted by Gasteiger charge is -2.26. The van der Waals surface area contributed by atoms with E-state index in [0.717, 1.165) is 35.8 Å². The van der Waals surface area contributed by atoms with Crippen molar-refractivity contribution < 1.29 is 13.2 Å². The van der Waals surface area contributed by atoms with Crippen LogP contribution in [0.3, 0.4) is 0 Å². The molecule has 0 aliphatic carbocycles. The summed E-state index contributed by atoms with van der Waals surface area (Å²) in [6.07, 6.45) is 1.80. The summed E-state index contributed by atoms with van der Waals surface area (Å²) in [7, 11) is -3.98. The number of anilines is 2. The number of rotatable bonds is 9. The highest BCUT2D eigenvalue weighted by molar-refractivity contribution is 7.92. The zero-order valence-electron chi connectivity index (χ0n) is 20.0. The van der Waals surface area contributed by atoms with Crippen LogP contribution in [0.5, 0.6) is 0 Å². The Morgan fingerprint density at radius 1 is 1.06 bits per heavy atom. The van der Waals surface area contributed by atoms with Gasteiger partial charge in [-0.15, -0.1) is 0 Å². The second kappa shape index (κ2) is 10.7. The minimum atomic E-state index is -3.98. The van der Waals surface area contributed by atoms with Gasteiger partial charge in [0.15, 0.2) is 0 Å². The quantitative estimate of drug-likeness (QED) is 0.422. The van der Waals surface area contributed by atoms with E-state index in [2.05, 4.69) is 28.4 Å². The predicted octanol–water partition coefficient (Wildman–Crippen LogP) is 4.72. The molecule has 1 heterocycles. The molecule has 0 atom stereocenters. The molecule has 184 valence electrons. The normalized spacial score (nSPS) is 12.9. The summed E-state index contributed by atoms with van der Waals surface area (Å²) in [6, 6.07) is 20.0. The SMILES string of the molecule is Cc1ccc(S(=O)(=O)N(CC(=O)NCCCN2CCc3ccccc32)c2cc(Cl)ccc2C)cc1. The van der Waals surface area contributed by atoms with Gasteiger partial charge in [0.25, 0.3) is 10.0 Å². The Kier molecular flexibility index (Phi) is 7.67. The molecule has 4 rings (SSSR count). The Balaban J connectivity index is 1.44. The minimum absolute atomic E-state index is 0.128. The highest BCUT2D eigenvalue weighted by Crippen LogP contribution is 2.30. The van der Waals surface area contributed by atoms with Gasteiger partial charge in [-0.25, -0.2) is 8.42 Å². The summed E-state index contributed by atoms with van der Waals surface area (Å²) in [5.41, 5.74) is 4.66. The molecular formula is C27H30ClN3O3S. The van der Waals surface area contributed by atoms with Gasteiger partial charge in [0.05, 0.1) is 10.6 Å². The van der Waals surface area contributed by atoms with E-state index in [4.69, 9.17) is 11.6 Å². The van der Waals surface area contributed by atoms with Crippen molar-refractivity contribution in [3.63, 3.8) is 0 Å². The van der Waals surface area contributed by atoms with Crippen LogP contribution >= 0.6 is 11.6 Å². The number of fused-ring (bicyclic) bond motifs is 1. The fourth-order valence-corrected chi connectivity index (χ4v) is 5.95. The monoisotopic (exact) mass is 511 g/mol. The van der Waals surface area contributed by atoms with Gasteiger partial charge in [0, 0.05) is 30.3 Å². The second-order valence-electron chi connectivity index (χ2n) is 8.82. The number of carbonyl (C=O) groups excluding carboxylic acids is 1. The Bertz CT molecular complexity index is 1310. The third-order valence-electron chi connectivity index (χ3n) is 6.25. The molecule has 8 heteroatoms. The Morgan fingerprint density at radius 3 is 2.57 bits per heavy atom. The van der Waals surface area contributed by atoms with Crippen LogP contribution in [0, 0.1) is 13.8 Å². The first-order chi connectivity index (χ1) is 16.8. The fourth-order valence-electron chi connectivity index (χ4n) is 4.31. The molecule has 0 fully saturated rings. The first-order valence-electron chi connectivity index (χ1n) is 11.7. The molecule has 1 aliphatic heterocycles. The minimum Gasteiger partial charge on any atom is -0.371 e. The fraction of sp³-hybridized carbons (Fsp3) is 0.296. The van der Waals surface area contributed by atoms with Crippen LogP contribution in [0.15, 0.2) is 71.6 Å². The molecular weight excluding hydrogens is 482 g/mol. The van der Waals surface area contributed by atoms with E-state index >= 15 is 0 Å². The average Bonchev–Trinajstić information content (AvgIpc) is 3.25. The summed E-state index contributed by atoms with van der Waals surface area (Å²) in [6.45, 7) is 5.63. The summed E-state index contributed by atoms with van der Waals surface area (Å²) in [4.78, 5) is 15.3. The number of aryl methyl sites for hydroxylation is 2. The lowest BCUT2D eigenvalue weighted by molar-refractivity contribution is -0.119. The average molecular weight is 512 g/mol. The second-order valence-corrected chi connectivity index (χ2v) is 11.1.